The molecule has 2 rings (SSSR count). The molecule has 142 valence electrons. The molecule has 0 fully saturated rings. The molecule has 1 N–H and O–H groups in total. The van der Waals surface area contributed by atoms with E-state index in [1.807, 2.05) is 12.1 Å². The Kier molecular flexibility index (Phi) is 6.82. The van der Waals surface area contributed by atoms with E-state index in [1.165, 1.54) is 27.0 Å². The minimum absolute atomic E-state index is 0.0167. The number of carbonyl (C=O) groups is 3. The number of hydrogen-bond acceptors (Lipinski definition) is 5. The number of pyridine rings is 1. The number of carboxylic acid groups (broad SMARTS) is 1. The summed E-state index contributed by atoms with van der Waals surface area (Å²) in [4.78, 5) is 40.5. The second-order valence-electron chi connectivity index (χ2n) is 6.40. The summed E-state index contributed by atoms with van der Waals surface area (Å²) in [5, 5.41) is 9.49. The summed E-state index contributed by atoms with van der Waals surface area (Å²) in [6.07, 6.45) is 7.40. The van der Waals surface area contributed by atoms with Crippen LogP contribution in [0.4, 0.5) is 0 Å². The van der Waals surface area contributed by atoms with Crippen LogP contribution in [-0.4, -0.2) is 34.7 Å². The van der Waals surface area contributed by atoms with Crippen molar-refractivity contribution in [2.24, 2.45) is 0 Å². The summed E-state index contributed by atoms with van der Waals surface area (Å²) in [6, 6.07) is 3.84. The molecule has 0 atom stereocenters. The molecule has 1 aliphatic rings. The average Bonchev–Trinajstić information content (AvgIpc) is 2.66. The van der Waals surface area contributed by atoms with Crippen LogP contribution >= 0.6 is 0 Å². The summed E-state index contributed by atoms with van der Waals surface area (Å²) in [5.74, 6) is -1.83. The van der Waals surface area contributed by atoms with Gasteiger partial charge in [-0.05, 0) is 57.2 Å². The second kappa shape index (κ2) is 9.07. The van der Waals surface area contributed by atoms with Crippen LogP contribution in [0.15, 0.2) is 58.7 Å². The van der Waals surface area contributed by atoms with E-state index in [4.69, 9.17) is 4.74 Å². The highest BCUT2D eigenvalue weighted by Crippen LogP contribution is 2.27. The standard InChI is InChI=1S/C21H23NO5/c1-13-17(18(23)14(2)20(27-3)19(13)24)11-16(21(25)26)9-5-4-7-15-8-6-10-22-12-15/h6,8,10-12H,4-5,7,9H2,1-3H3,(H,25,26)/b16-11+. The number of aromatic nitrogens is 1. The van der Waals surface area contributed by atoms with E-state index in [0.29, 0.717) is 12.8 Å². The number of ether oxygens (including phenoxy) is 1. The van der Waals surface area contributed by atoms with Crippen molar-refractivity contribution in [3.63, 3.8) is 0 Å². The molecule has 6 nitrogen and oxygen atoms in total. The Labute approximate surface area is 158 Å². The molecule has 0 radical (unpaired) electrons. The van der Waals surface area contributed by atoms with Gasteiger partial charge in [0, 0.05) is 34.7 Å². The Hall–Kier alpha value is -3.02. The largest absolute Gasteiger partial charge is 0.492 e. The van der Waals surface area contributed by atoms with Crippen molar-refractivity contribution in [1.29, 1.82) is 0 Å². The SMILES string of the molecule is COC1=C(C)C(=O)C(/C=C(\CCCCc2cccnc2)C(=O)O)=C(C)C1=O. The van der Waals surface area contributed by atoms with Crippen molar-refractivity contribution in [3.8, 4) is 0 Å². The second-order valence-corrected chi connectivity index (χ2v) is 6.40. The lowest BCUT2D eigenvalue weighted by atomic mass is 9.88. The normalized spacial score (nSPS) is 15.4. The zero-order valence-electron chi connectivity index (χ0n) is 15.7. The molecule has 0 aliphatic heterocycles. The Morgan fingerprint density at radius 1 is 1.19 bits per heavy atom. The number of aliphatic carboxylic acids is 1. The third-order valence-corrected chi connectivity index (χ3v) is 4.56. The van der Waals surface area contributed by atoms with Crippen molar-refractivity contribution in [1.82, 2.24) is 4.98 Å². The zero-order valence-corrected chi connectivity index (χ0v) is 15.7. The predicted octanol–water partition coefficient (Wildman–Crippen LogP) is 3.19. The van der Waals surface area contributed by atoms with Crippen LogP contribution in [0, 0.1) is 0 Å². The third-order valence-electron chi connectivity index (χ3n) is 4.56. The van der Waals surface area contributed by atoms with Crippen molar-refractivity contribution in [2.45, 2.75) is 39.5 Å². The minimum Gasteiger partial charge on any atom is -0.492 e. The number of rotatable bonds is 8. The lowest BCUT2D eigenvalue weighted by Crippen LogP contribution is -2.22. The zero-order chi connectivity index (χ0) is 20.0. The summed E-state index contributed by atoms with van der Waals surface area (Å²) in [6.45, 7) is 3.02. The van der Waals surface area contributed by atoms with Gasteiger partial charge in [-0.1, -0.05) is 6.07 Å². The molecule has 0 saturated carbocycles. The summed E-state index contributed by atoms with van der Waals surface area (Å²) >= 11 is 0. The molecule has 1 aromatic rings. The van der Waals surface area contributed by atoms with Crippen LogP contribution < -0.4 is 0 Å². The van der Waals surface area contributed by atoms with Crippen LogP contribution in [-0.2, 0) is 25.5 Å². The fourth-order valence-electron chi connectivity index (χ4n) is 2.96. The van der Waals surface area contributed by atoms with Crippen LogP contribution in [0.3, 0.4) is 0 Å². The molecule has 0 aromatic carbocycles. The number of Topliss-reactive ketones (excluding diaryl/α,β-unsaturated/α-hetero) is 2. The number of ketones is 2. The maximum Gasteiger partial charge on any atom is 0.331 e. The lowest BCUT2D eigenvalue weighted by molar-refractivity contribution is -0.132. The molecular formula is C21H23NO5. The topological polar surface area (TPSA) is 93.6 Å². The fourth-order valence-corrected chi connectivity index (χ4v) is 2.96. The van der Waals surface area contributed by atoms with Gasteiger partial charge >= 0.3 is 5.97 Å². The van der Waals surface area contributed by atoms with Gasteiger partial charge in [0.15, 0.2) is 11.5 Å². The van der Waals surface area contributed by atoms with Gasteiger partial charge < -0.3 is 9.84 Å². The first-order valence-corrected chi connectivity index (χ1v) is 8.74. The van der Waals surface area contributed by atoms with Gasteiger partial charge in [0.2, 0.25) is 5.78 Å². The molecule has 0 spiro atoms. The van der Waals surface area contributed by atoms with Crippen molar-refractivity contribution in [2.75, 3.05) is 7.11 Å². The van der Waals surface area contributed by atoms with Gasteiger partial charge in [0.1, 0.15) is 0 Å². The number of aryl methyl sites for hydroxylation is 1. The molecule has 0 saturated heterocycles. The van der Waals surface area contributed by atoms with Crippen LogP contribution in [0.5, 0.6) is 0 Å². The van der Waals surface area contributed by atoms with E-state index in [1.54, 1.807) is 12.4 Å². The minimum atomic E-state index is -1.09. The molecule has 1 aliphatic carbocycles. The first-order valence-electron chi connectivity index (χ1n) is 8.74. The number of unbranched alkanes of at least 4 members (excludes halogenated alkanes) is 1. The highest BCUT2D eigenvalue weighted by atomic mass is 16.5. The molecule has 6 heteroatoms. The van der Waals surface area contributed by atoms with Gasteiger partial charge in [-0.3, -0.25) is 14.6 Å². The molecule has 1 heterocycles. The van der Waals surface area contributed by atoms with E-state index in [2.05, 4.69) is 4.98 Å². The number of allylic oxidation sites excluding steroid dienone is 4. The third kappa shape index (κ3) is 4.78. The maximum atomic E-state index is 12.5. The summed E-state index contributed by atoms with van der Waals surface area (Å²) in [5.41, 5.74) is 1.74. The number of carbonyl (C=O) groups excluding carboxylic acids is 2. The van der Waals surface area contributed by atoms with Crippen molar-refractivity contribution < 1.29 is 24.2 Å². The van der Waals surface area contributed by atoms with Crippen LogP contribution in [0.1, 0.15) is 38.7 Å². The maximum absolute atomic E-state index is 12.5. The monoisotopic (exact) mass is 369 g/mol. The van der Waals surface area contributed by atoms with Gasteiger partial charge in [0.25, 0.3) is 0 Å². The van der Waals surface area contributed by atoms with E-state index in [9.17, 15) is 19.5 Å². The predicted molar refractivity (Wildman–Crippen MR) is 99.9 cm³/mol. The quantitative estimate of drug-likeness (QED) is 0.430. The van der Waals surface area contributed by atoms with Gasteiger partial charge in [-0.15, -0.1) is 0 Å². The highest BCUT2D eigenvalue weighted by Gasteiger charge is 2.30. The van der Waals surface area contributed by atoms with Crippen LogP contribution in [0.25, 0.3) is 0 Å². The summed E-state index contributed by atoms with van der Waals surface area (Å²) < 4.78 is 5.01. The number of methoxy groups -OCH3 is 1. The van der Waals surface area contributed by atoms with Gasteiger partial charge in [-0.2, -0.15) is 0 Å². The lowest BCUT2D eigenvalue weighted by Gasteiger charge is -2.18. The van der Waals surface area contributed by atoms with Crippen LogP contribution in [0.2, 0.25) is 0 Å². The van der Waals surface area contributed by atoms with Crippen molar-refractivity contribution in [3.05, 3.63) is 64.2 Å². The molecule has 0 amide bonds. The molecule has 1 aromatic heterocycles. The van der Waals surface area contributed by atoms with E-state index in [-0.39, 0.29) is 39.6 Å². The number of nitrogens with zero attached hydrogens (tertiary/aromatic N) is 1. The van der Waals surface area contributed by atoms with Crippen molar-refractivity contribution >= 4 is 17.5 Å². The fraction of sp³-hybridized carbons (Fsp3) is 0.333. The first kappa shape index (κ1) is 20.3. The Morgan fingerprint density at radius 2 is 1.93 bits per heavy atom. The molecule has 0 unspecified atom stereocenters. The van der Waals surface area contributed by atoms with Gasteiger partial charge in [-0.25, -0.2) is 4.79 Å². The van der Waals surface area contributed by atoms with E-state index in [0.717, 1.165) is 18.4 Å². The highest BCUT2D eigenvalue weighted by molar-refractivity contribution is 6.25. The number of hydrogen-bond donors (Lipinski definition) is 1. The molecular weight excluding hydrogens is 346 g/mol. The molecule has 27 heavy (non-hydrogen) atoms. The Bertz CT molecular complexity index is 847. The average molecular weight is 369 g/mol. The smallest absolute Gasteiger partial charge is 0.331 e. The Morgan fingerprint density at radius 3 is 2.52 bits per heavy atom. The van der Waals surface area contributed by atoms with E-state index < -0.39 is 5.97 Å². The summed E-state index contributed by atoms with van der Waals surface area (Å²) in [7, 11) is 1.34. The molecule has 0 bridgehead atoms. The Balaban J connectivity index is 2.12. The number of carboxylic acids is 1. The van der Waals surface area contributed by atoms with E-state index >= 15 is 0 Å². The first-order chi connectivity index (χ1) is 12.9. The van der Waals surface area contributed by atoms with Gasteiger partial charge in [0.05, 0.1) is 7.11 Å².